The van der Waals surface area contributed by atoms with Gasteiger partial charge >= 0.3 is 5.97 Å². The second kappa shape index (κ2) is 7.73. The van der Waals surface area contributed by atoms with E-state index in [1.54, 1.807) is 35.1 Å². The summed E-state index contributed by atoms with van der Waals surface area (Å²) in [6, 6.07) is 11.3. The van der Waals surface area contributed by atoms with Crippen LogP contribution in [0, 0.1) is 5.92 Å². The first kappa shape index (κ1) is 19.2. The standard InChI is InChI=1S/C22H24N2O5/c1-14-10-16-6-3-4-8-19(16)24(14)21(26)15(2)29-22(27)17-11-20(25)23(12-17)13-18-7-5-9-28-18/h3-9,14-15,17H,10-13H2,1-2H3. The van der Waals surface area contributed by atoms with Gasteiger partial charge in [-0.1, -0.05) is 18.2 Å². The molecule has 0 aliphatic carbocycles. The molecule has 3 heterocycles. The molecule has 0 saturated carbocycles. The number of carbonyl (C=O) groups is 3. The molecule has 0 spiro atoms. The largest absolute Gasteiger partial charge is 0.467 e. The van der Waals surface area contributed by atoms with E-state index < -0.39 is 18.0 Å². The Bertz CT molecular complexity index is 923. The Morgan fingerprint density at radius 1 is 1.21 bits per heavy atom. The summed E-state index contributed by atoms with van der Waals surface area (Å²) in [5.74, 6) is -0.785. The van der Waals surface area contributed by atoms with Gasteiger partial charge in [0.05, 0.1) is 18.7 Å². The lowest BCUT2D eigenvalue weighted by atomic mass is 10.1. The number of nitrogens with zero attached hydrogens (tertiary/aromatic N) is 2. The number of esters is 1. The van der Waals surface area contributed by atoms with E-state index in [2.05, 4.69) is 0 Å². The number of anilines is 1. The van der Waals surface area contributed by atoms with Crippen molar-refractivity contribution >= 4 is 23.5 Å². The van der Waals surface area contributed by atoms with E-state index >= 15 is 0 Å². The monoisotopic (exact) mass is 396 g/mol. The Kier molecular flexibility index (Phi) is 5.13. The minimum absolute atomic E-state index is 0.0119. The van der Waals surface area contributed by atoms with Gasteiger partial charge in [0.25, 0.3) is 5.91 Å². The minimum Gasteiger partial charge on any atom is -0.467 e. The third kappa shape index (κ3) is 3.77. The fourth-order valence-corrected chi connectivity index (χ4v) is 4.09. The average molecular weight is 396 g/mol. The van der Waals surface area contributed by atoms with Crippen LogP contribution in [-0.2, 0) is 32.1 Å². The summed E-state index contributed by atoms with van der Waals surface area (Å²) in [6.07, 6.45) is 1.50. The van der Waals surface area contributed by atoms with Crippen LogP contribution in [0.5, 0.6) is 0 Å². The van der Waals surface area contributed by atoms with E-state index in [0.717, 1.165) is 17.7 Å². The van der Waals surface area contributed by atoms with E-state index in [4.69, 9.17) is 9.15 Å². The van der Waals surface area contributed by atoms with Gasteiger partial charge in [0.15, 0.2) is 6.10 Å². The maximum absolute atomic E-state index is 13.0. The van der Waals surface area contributed by atoms with E-state index in [-0.39, 0.29) is 30.8 Å². The number of fused-ring (bicyclic) bond motifs is 1. The van der Waals surface area contributed by atoms with Crippen molar-refractivity contribution in [2.24, 2.45) is 5.92 Å². The molecule has 1 saturated heterocycles. The fourth-order valence-electron chi connectivity index (χ4n) is 4.09. The highest BCUT2D eigenvalue weighted by atomic mass is 16.5. The lowest BCUT2D eigenvalue weighted by molar-refractivity contribution is -0.157. The molecular formula is C22H24N2O5. The van der Waals surface area contributed by atoms with Crippen molar-refractivity contribution in [1.29, 1.82) is 0 Å². The summed E-state index contributed by atoms with van der Waals surface area (Å²) in [4.78, 5) is 41.1. The van der Waals surface area contributed by atoms with E-state index in [1.165, 1.54) is 0 Å². The van der Waals surface area contributed by atoms with Crippen molar-refractivity contribution in [2.75, 3.05) is 11.4 Å². The number of ether oxygens (including phenoxy) is 1. The van der Waals surface area contributed by atoms with Crippen LogP contribution in [0.1, 0.15) is 31.6 Å². The Morgan fingerprint density at radius 2 is 2.00 bits per heavy atom. The number of likely N-dealkylation sites (tertiary alicyclic amines) is 1. The number of rotatable bonds is 5. The Balaban J connectivity index is 1.37. The second-order valence-electron chi connectivity index (χ2n) is 7.72. The first-order valence-electron chi connectivity index (χ1n) is 9.85. The zero-order valence-corrected chi connectivity index (χ0v) is 16.5. The van der Waals surface area contributed by atoms with Gasteiger partial charge in [-0.2, -0.15) is 0 Å². The van der Waals surface area contributed by atoms with Crippen LogP contribution in [0.2, 0.25) is 0 Å². The third-order valence-electron chi connectivity index (χ3n) is 5.56. The van der Waals surface area contributed by atoms with Gasteiger partial charge in [0, 0.05) is 24.7 Å². The van der Waals surface area contributed by atoms with Gasteiger partial charge in [0.1, 0.15) is 5.76 Å². The maximum atomic E-state index is 13.0. The molecule has 2 aliphatic heterocycles. The predicted octanol–water partition coefficient (Wildman–Crippen LogP) is 2.54. The molecule has 0 bridgehead atoms. The summed E-state index contributed by atoms with van der Waals surface area (Å²) >= 11 is 0. The van der Waals surface area contributed by atoms with Crippen molar-refractivity contribution in [1.82, 2.24) is 4.90 Å². The van der Waals surface area contributed by atoms with Crippen LogP contribution in [0.25, 0.3) is 0 Å². The molecule has 2 aromatic rings. The summed E-state index contributed by atoms with van der Waals surface area (Å²) < 4.78 is 10.7. The van der Waals surface area contributed by atoms with E-state index in [0.29, 0.717) is 12.3 Å². The predicted molar refractivity (Wildman–Crippen MR) is 105 cm³/mol. The summed E-state index contributed by atoms with van der Waals surface area (Å²) in [5.41, 5.74) is 1.98. The molecule has 152 valence electrons. The zero-order chi connectivity index (χ0) is 20.5. The lowest BCUT2D eigenvalue weighted by Crippen LogP contribution is -2.43. The summed E-state index contributed by atoms with van der Waals surface area (Å²) in [5, 5.41) is 0. The maximum Gasteiger partial charge on any atom is 0.312 e. The number of carbonyl (C=O) groups excluding carboxylic acids is 3. The van der Waals surface area contributed by atoms with Crippen molar-refractivity contribution in [3.8, 4) is 0 Å². The van der Waals surface area contributed by atoms with Crippen LogP contribution in [0.3, 0.4) is 0 Å². The van der Waals surface area contributed by atoms with Crippen LogP contribution in [-0.4, -0.2) is 41.4 Å². The number of furan rings is 1. The second-order valence-corrected chi connectivity index (χ2v) is 7.72. The number of amides is 2. The molecule has 1 aromatic carbocycles. The van der Waals surface area contributed by atoms with Crippen LogP contribution < -0.4 is 4.90 Å². The highest BCUT2D eigenvalue weighted by Gasteiger charge is 2.39. The van der Waals surface area contributed by atoms with Crippen LogP contribution in [0.4, 0.5) is 5.69 Å². The molecule has 4 rings (SSSR count). The number of para-hydroxylation sites is 1. The summed E-state index contributed by atoms with van der Waals surface area (Å²) in [7, 11) is 0. The molecule has 2 amide bonds. The Morgan fingerprint density at radius 3 is 2.76 bits per heavy atom. The minimum atomic E-state index is -0.912. The van der Waals surface area contributed by atoms with Crippen LogP contribution >= 0.6 is 0 Å². The average Bonchev–Trinajstić information content (AvgIpc) is 3.40. The Labute approximate surface area is 169 Å². The van der Waals surface area contributed by atoms with Gasteiger partial charge < -0.3 is 19.0 Å². The molecule has 3 atom stereocenters. The molecule has 1 aromatic heterocycles. The molecule has 0 radical (unpaired) electrons. The molecule has 2 aliphatic rings. The lowest BCUT2D eigenvalue weighted by Gasteiger charge is -2.26. The first-order chi connectivity index (χ1) is 13.9. The van der Waals surface area contributed by atoms with Crippen molar-refractivity contribution < 1.29 is 23.5 Å². The normalized spacial score (nSPS) is 21.9. The molecule has 3 unspecified atom stereocenters. The first-order valence-corrected chi connectivity index (χ1v) is 9.85. The molecular weight excluding hydrogens is 372 g/mol. The van der Waals surface area contributed by atoms with E-state index in [1.807, 2.05) is 31.2 Å². The number of benzene rings is 1. The van der Waals surface area contributed by atoms with Crippen LogP contribution in [0.15, 0.2) is 47.1 Å². The third-order valence-corrected chi connectivity index (χ3v) is 5.56. The number of hydrogen-bond donors (Lipinski definition) is 0. The molecule has 0 N–H and O–H groups in total. The highest BCUT2D eigenvalue weighted by molar-refractivity contribution is 6.00. The Hall–Kier alpha value is -3.09. The number of hydrogen-bond acceptors (Lipinski definition) is 5. The van der Waals surface area contributed by atoms with Crippen molar-refractivity contribution in [3.05, 3.63) is 54.0 Å². The summed E-state index contributed by atoms with van der Waals surface area (Å²) in [6.45, 7) is 4.16. The molecule has 7 nitrogen and oxygen atoms in total. The fraction of sp³-hybridized carbons (Fsp3) is 0.409. The quantitative estimate of drug-likeness (QED) is 0.726. The van der Waals surface area contributed by atoms with Gasteiger partial charge in [-0.25, -0.2) is 0 Å². The zero-order valence-electron chi connectivity index (χ0n) is 16.5. The van der Waals surface area contributed by atoms with Gasteiger partial charge in [0.2, 0.25) is 5.91 Å². The van der Waals surface area contributed by atoms with Gasteiger partial charge in [-0.3, -0.25) is 14.4 Å². The SMILES string of the molecule is CC(OC(=O)C1CC(=O)N(Cc2ccco2)C1)C(=O)N1c2ccccc2CC1C. The van der Waals surface area contributed by atoms with Gasteiger partial charge in [-0.15, -0.1) is 0 Å². The van der Waals surface area contributed by atoms with Crippen molar-refractivity contribution in [2.45, 2.75) is 45.4 Å². The van der Waals surface area contributed by atoms with E-state index in [9.17, 15) is 14.4 Å². The smallest absolute Gasteiger partial charge is 0.312 e. The van der Waals surface area contributed by atoms with Gasteiger partial charge in [-0.05, 0) is 44.0 Å². The molecule has 7 heteroatoms. The van der Waals surface area contributed by atoms with Crippen molar-refractivity contribution in [3.63, 3.8) is 0 Å². The molecule has 1 fully saturated rings. The topological polar surface area (TPSA) is 80.1 Å². The highest BCUT2D eigenvalue weighted by Crippen LogP contribution is 2.32. The molecule has 29 heavy (non-hydrogen) atoms.